The molecule has 2 unspecified atom stereocenters. The number of carbonyl (C=O) groups excluding carboxylic acids is 1. The first-order valence-corrected chi connectivity index (χ1v) is 7.07. The summed E-state index contributed by atoms with van der Waals surface area (Å²) in [5, 5.41) is 0. The van der Waals surface area contributed by atoms with Crippen LogP contribution < -0.4 is 5.73 Å². The highest BCUT2D eigenvalue weighted by Gasteiger charge is 2.30. The Labute approximate surface area is 140 Å². The van der Waals surface area contributed by atoms with Crippen LogP contribution in [0.1, 0.15) is 36.7 Å². The molecule has 114 valence electrons. The van der Waals surface area contributed by atoms with Gasteiger partial charge in [-0.05, 0) is 54.2 Å². The molecule has 1 aliphatic heterocycles. The minimum Gasteiger partial charge on any atom is -0.333 e. The highest BCUT2D eigenvalue weighted by atomic mass is 79.9. The number of pyridine rings is 1. The van der Waals surface area contributed by atoms with Gasteiger partial charge in [-0.2, -0.15) is 0 Å². The standard InChI is InChI=1S/C13H18BrN3O.2ClH/c1-9(15)12-4-2-3-7-17(12)13(18)11-6-5-10(14)8-16-11;;/h5-6,8-9,12H,2-4,7,15H2,1H3;2*1H. The summed E-state index contributed by atoms with van der Waals surface area (Å²) in [7, 11) is 0. The van der Waals surface area contributed by atoms with Crippen LogP contribution >= 0.6 is 40.7 Å². The molecular weight excluding hydrogens is 365 g/mol. The summed E-state index contributed by atoms with van der Waals surface area (Å²) < 4.78 is 0.876. The third-order valence-electron chi connectivity index (χ3n) is 3.36. The number of likely N-dealkylation sites (tertiary alicyclic amines) is 1. The highest BCUT2D eigenvalue weighted by Crippen LogP contribution is 2.21. The first-order chi connectivity index (χ1) is 8.59. The van der Waals surface area contributed by atoms with Gasteiger partial charge < -0.3 is 10.6 Å². The first-order valence-electron chi connectivity index (χ1n) is 6.27. The number of rotatable bonds is 2. The monoisotopic (exact) mass is 383 g/mol. The lowest BCUT2D eigenvalue weighted by atomic mass is 9.96. The molecule has 2 N–H and O–H groups in total. The molecule has 1 saturated heterocycles. The second-order valence-corrected chi connectivity index (χ2v) is 5.70. The third kappa shape index (κ3) is 4.58. The van der Waals surface area contributed by atoms with Crippen molar-refractivity contribution in [3.05, 3.63) is 28.5 Å². The molecule has 0 aliphatic carbocycles. The molecule has 0 saturated carbocycles. The maximum Gasteiger partial charge on any atom is 0.272 e. The molecule has 2 rings (SSSR count). The van der Waals surface area contributed by atoms with Crippen molar-refractivity contribution in [2.24, 2.45) is 5.73 Å². The summed E-state index contributed by atoms with van der Waals surface area (Å²) in [4.78, 5) is 18.5. The van der Waals surface area contributed by atoms with Gasteiger partial charge in [-0.3, -0.25) is 4.79 Å². The van der Waals surface area contributed by atoms with E-state index in [0.29, 0.717) is 5.69 Å². The molecular formula is C13H20BrCl2N3O. The van der Waals surface area contributed by atoms with Crippen LogP contribution in [0.5, 0.6) is 0 Å². The Morgan fingerprint density at radius 2 is 2.15 bits per heavy atom. The largest absolute Gasteiger partial charge is 0.333 e. The van der Waals surface area contributed by atoms with E-state index >= 15 is 0 Å². The van der Waals surface area contributed by atoms with Crippen LogP contribution in [0.15, 0.2) is 22.8 Å². The number of nitrogens with zero attached hydrogens (tertiary/aromatic N) is 2. The Morgan fingerprint density at radius 3 is 2.70 bits per heavy atom. The number of hydrogen-bond donors (Lipinski definition) is 1. The molecule has 1 aromatic heterocycles. The lowest BCUT2D eigenvalue weighted by Gasteiger charge is -2.37. The summed E-state index contributed by atoms with van der Waals surface area (Å²) >= 11 is 3.32. The van der Waals surface area contributed by atoms with Crippen molar-refractivity contribution in [3.63, 3.8) is 0 Å². The van der Waals surface area contributed by atoms with Gasteiger partial charge in [-0.15, -0.1) is 24.8 Å². The number of nitrogens with two attached hydrogens (primary N) is 1. The number of hydrogen-bond acceptors (Lipinski definition) is 3. The molecule has 2 atom stereocenters. The predicted molar refractivity (Wildman–Crippen MR) is 88.8 cm³/mol. The fourth-order valence-electron chi connectivity index (χ4n) is 2.41. The Kier molecular flexibility index (Phi) is 8.66. The molecule has 20 heavy (non-hydrogen) atoms. The molecule has 0 bridgehead atoms. The number of carbonyl (C=O) groups is 1. The average molecular weight is 385 g/mol. The SMILES string of the molecule is CC(N)C1CCCCN1C(=O)c1ccc(Br)cn1.Cl.Cl. The normalized spacial score (nSPS) is 19.6. The number of piperidine rings is 1. The van der Waals surface area contributed by atoms with Gasteiger partial charge in [-0.25, -0.2) is 4.98 Å². The van der Waals surface area contributed by atoms with Crippen LogP contribution in [0.25, 0.3) is 0 Å². The van der Waals surface area contributed by atoms with Crippen LogP contribution in [0.4, 0.5) is 0 Å². The van der Waals surface area contributed by atoms with Gasteiger partial charge in [0.25, 0.3) is 5.91 Å². The fourth-order valence-corrected chi connectivity index (χ4v) is 2.64. The van der Waals surface area contributed by atoms with E-state index in [9.17, 15) is 4.79 Å². The van der Waals surface area contributed by atoms with Gasteiger partial charge >= 0.3 is 0 Å². The minimum absolute atomic E-state index is 0. The van der Waals surface area contributed by atoms with Crippen molar-refractivity contribution >= 4 is 46.7 Å². The third-order valence-corrected chi connectivity index (χ3v) is 3.83. The van der Waals surface area contributed by atoms with Crippen LogP contribution in [-0.4, -0.2) is 34.4 Å². The maximum absolute atomic E-state index is 12.4. The molecule has 1 amide bonds. The van der Waals surface area contributed by atoms with E-state index in [1.807, 2.05) is 17.9 Å². The summed E-state index contributed by atoms with van der Waals surface area (Å²) in [6.45, 7) is 2.74. The van der Waals surface area contributed by atoms with E-state index < -0.39 is 0 Å². The minimum atomic E-state index is -0.00972. The maximum atomic E-state index is 12.4. The van der Waals surface area contributed by atoms with Gasteiger partial charge in [0, 0.05) is 29.3 Å². The van der Waals surface area contributed by atoms with E-state index in [-0.39, 0.29) is 42.8 Å². The second kappa shape index (κ2) is 8.82. The summed E-state index contributed by atoms with van der Waals surface area (Å²) in [6.07, 6.45) is 4.83. The Balaban J connectivity index is 0.00000180. The lowest BCUT2D eigenvalue weighted by Crippen LogP contribution is -2.51. The number of aromatic nitrogens is 1. The first kappa shape index (κ1) is 19.6. The molecule has 0 aromatic carbocycles. The van der Waals surface area contributed by atoms with Gasteiger partial charge in [0.15, 0.2) is 0 Å². The van der Waals surface area contributed by atoms with Gasteiger partial charge in [0.05, 0.1) is 0 Å². The molecule has 1 aliphatic rings. The van der Waals surface area contributed by atoms with Crippen molar-refractivity contribution in [1.82, 2.24) is 9.88 Å². The Hall–Kier alpha value is -0.360. The smallest absolute Gasteiger partial charge is 0.272 e. The Morgan fingerprint density at radius 1 is 1.45 bits per heavy atom. The molecule has 4 nitrogen and oxygen atoms in total. The van der Waals surface area contributed by atoms with E-state index in [0.717, 1.165) is 30.3 Å². The summed E-state index contributed by atoms with van der Waals surface area (Å²) in [5.41, 5.74) is 6.47. The van der Waals surface area contributed by atoms with Crippen molar-refractivity contribution in [3.8, 4) is 0 Å². The van der Waals surface area contributed by atoms with Crippen molar-refractivity contribution in [2.45, 2.75) is 38.3 Å². The van der Waals surface area contributed by atoms with E-state index in [2.05, 4.69) is 20.9 Å². The molecule has 1 aromatic rings. The molecule has 0 spiro atoms. The van der Waals surface area contributed by atoms with E-state index in [1.54, 1.807) is 12.3 Å². The van der Waals surface area contributed by atoms with E-state index in [1.165, 1.54) is 0 Å². The van der Waals surface area contributed by atoms with Crippen LogP contribution in [0.3, 0.4) is 0 Å². The Bertz CT molecular complexity index is 428. The molecule has 7 heteroatoms. The molecule has 2 heterocycles. The zero-order valence-electron chi connectivity index (χ0n) is 11.3. The van der Waals surface area contributed by atoms with Crippen LogP contribution in [-0.2, 0) is 0 Å². The van der Waals surface area contributed by atoms with Crippen molar-refractivity contribution < 1.29 is 4.79 Å². The molecule has 1 fully saturated rings. The quantitative estimate of drug-likeness (QED) is 0.852. The van der Waals surface area contributed by atoms with Crippen molar-refractivity contribution in [2.75, 3.05) is 6.54 Å². The van der Waals surface area contributed by atoms with Gasteiger partial charge in [-0.1, -0.05) is 0 Å². The topological polar surface area (TPSA) is 59.2 Å². The fraction of sp³-hybridized carbons (Fsp3) is 0.538. The number of amides is 1. The molecule has 0 radical (unpaired) electrons. The summed E-state index contributed by atoms with van der Waals surface area (Å²) in [5.74, 6) is -0.00972. The predicted octanol–water partition coefficient (Wildman–Crippen LogP) is 3.03. The van der Waals surface area contributed by atoms with E-state index in [4.69, 9.17) is 5.73 Å². The number of halogens is 3. The van der Waals surface area contributed by atoms with Gasteiger partial charge in [0.1, 0.15) is 5.69 Å². The lowest BCUT2D eigenvalue weighted by molar-refractivity contribution is 0.0577. The highest BCUT2D eigenvalue weighted by molar-refractivity contribution is 9.10. The zero-order valence-corrected chi connectivity index (χ0v) is 14.5. The zero-order chi connectivity index (χ0) is 13.1. The van der Waals surface area contributed by atoms with Crippen LogP contribution in [0.2, 0.25) is 0 Å². The second-order valence-electron chi connectivity index (χ2n) is 4.78. The average Bonchev–Trinajstić information content (AvgIpc) is 2.39. The summed E-state index contributed by atoms with van der Waals surface area (Å²) in [6, 6.07) is 3.73. The van der Waals surface area contributed by atoms with Crippen LogP contribution in [0, 0.1) is 0 Å². The van der Waals surface area contributed by atoms with Gasteiger partial charge in [0.2, 0.25) is 0 Å². The van der Waals surface area contributed by atoms with Crippen molar-refractivity contribution in [1.29, 1.82) is 0 Å².